The van der Waals surface area contributed by atoms with E-state index in [1.807, 2.05) is 12.2 Å². The lowest BCUT2D eigenvalue weighted by molar-refractivity contribution is 0.241. The minimum atomic E-state index is -0.303. The zero-order valence-corrected chi connectivity index (χ0v) is 15.0. The predicted octanol–water partition coefficient (Wildman–Crippen LogP) is 2.04. The van der Waals surface area contributed by atoms with Crippen LogP contribution < -0.4 is 16.3 Å². The van der Waals surface area contributed by atoms with Crippen molar-refractivity contribution in [2.45, 2.75) is 42.7 Å². The summed E-state index contributed by atoms with van der Waals surface area (Å²) in [7, 11) is 3.41. The Labute approximate surface area is 144 Å². The molecule has 3 rings (SSSR count). The zero-order chi connectivity index (χ0) is 16.7. The second-order valence-corrected chi connectivity index (χ2v) is 8.01. The normalized spacial score (nSPS) is 25.7. The fourth-order valence-corrected chi connectivity index (χ4v) is 4.46. The molecule has 0 aliphatic heterocycles. The number of alkyl halides is 1. The molecule has 0 saturated heterocycles. The first-order valence-electron chi connectivity index (χ1n) is 7.80. The minimum Gasteiger partial charge on any atom is -0.423 e. The summed E-state index contributed by atoms with van der Waals surface area (Å²) in [5.74, 6) is 0.331. The average Bonchev–Trinajstić information content (AvgIpc) is 2.49. The van der Waals surface area contributed by atoms with Crippen molar-refractivity contribution in [1.82, 2.24) is 4.90 Å². The van der Waals surface area contributed by atoms with Gasteiger partial charge in [0.05, 0.1) is 10.6 Å². The lowest BCUT2D eigenvalue weighted by Gasteiger charge is -2.25. The van der Waals surface area contributed by atoms with Crippen LogP contribution >= 0.6 is 23.4 Å². The van der Waals surface area contributed by atoms with Crippen molar-refractivity contribution in [3.8, 4) is 0 Å². The van der Waals surface area contributed by atoms with Gasteiger partial charge in [0.15, 0.2) is 0 Å². The van der Waals surface area contributed by atoms with Gasteiger partial charge in [0, 0.05) is 24.9 Å². The Balaban J connectivity index is 2.12. The maximum Gasteiger partial charge on any atom is 0.339 e. The molecule has 0 radical (unpaired) electrons. The summed E-state index contributed by atoms with van der Waals surface area (Å²) < 4.78 is 5.53. The topological polar surface area (TPSA) is 50.5 Å². The summed E-state index contributed by atoms with van der Waals surface area (Å²) in [4.78, 5) is 25.7. The van der Waals surface area contributed by atoms with Gasteiger partial charge >= 0.3 is 5.63 Å². The Kier molecular flexibility index (Phi) is 4.61. The second-order valence-electron chi connectivity index (χ2n) is 6.37. The summed E-state index contributed by atoms with van der Waals surface area (Å²) in [6, 6.07) is 0. The van der Waals surface area contributed by atoms with Crippen molar-refractivity contribution in [3.63, 3.8) is 0 Å². The number of hydrogen-bond acceptors (Lipinski definition) is 4. The standard InChI is InChI=1S/C17H20ClNO3S/c1-9-5-4-6-10-15(9)11-7-12(18)14(23-17(21)19(2)3)8-13(11)22-16(10)20/h7-9,12,14H,4-6H2,1-3H3. The Morgan fingerprint density at radius 3 is 2.83 bits per heavy atom. The van der Waals surface area contributed by atoms with Crippen LogP contribution in [0, 0.1) is 0 Å². The maximum absolute atomic E-state index is 12.3. The zero-order valence-electron chi connectivity index (χ0n) is 13.5. The van der Waals surface area contributed by atoms with Gasteiger partial charge < -0.3 is 9.32 Å². The molecule has 1 heterocycles. The van der Waals surface area contributed by atoms with Crippen molar-refractivity contribution in [3.05, 3.63) is 32.2 Å². The molecule has 0 saturated carbocycles. The van der Waals surface area contributed by atoms with Crippen LogP contribution in [0.25, 0.3) is 12.2 Å². The highest BCUT2D eigenvalue weighted by Crippen LogP contribution is 2.29. The van der Waals surface area contributed by atoms with Crippen molar-refractivity contribution < 1.29 is 9.21 Å². The Bertz CT molecular complexity index is 814. The van der Waals surface area contributed by atoms with Crippen molar-refractivity contribution in [2.75, 3.05) is 14.1 Å². The number of carbonyl (C=O) groups excluding carboxylic acids is 1. The molecule has 2 aliphatic rings. The molecule has 1 aromatic heterocycles. The van der Waals surface area contributed by atoms with Gasteiger partial charge in [-0.15, -0.1) is 11.6 Å². The van der Waals surface area contributed by atoms with E-state index >= 15 is 0 Å². The first-order valence-corrected chi connectivity index (χ1v) is 9.11. The third-order valence-corrected chi connectivity index (χ3v) is 6.26. The van der Waals surface area contributed by atoms with Gasteiger partial charge in [-0.1, -0.05) is 24.8 Å². The third-order valence-electron chi connectivity index (χ3n) is 4.44. The van der Waals surface area contributed by atoms with Gasteiger partial charge in [-0.3, -0.25) is 4.79 Å². The van der Waals surface area contributed by atoms with E-state index in [-0.39, 0.29) is 21.5 Å². The molecule has 124 valence electrons. The van der Waals surface area contributed by atoms with Gasteiger partial charge in [0.1, 0.15) is 5.42 Å². The van der Waals surface area contributed by atoms with E-state index in [4.69, 9.17) is 16.0 Å². The number of halogens is 1. The van der Waals surface area contributed by atoms with Crippen LogP contribution in [0.4, 0.5) is 4.79 Å². The molecule has 23 heavy (non-hydrogen) atoms. The van der Waals surface area contributed by atoms with E-state index < -0.39 is 0 Å². The van der Waals surface area contributed by atoms with E-state index in [9.17, 15) is 9.59 Å². The Morgan fingerprint density at radius 2 is 2.13 bits per heavy atom. The van der Waals surface area contributed by atoms with E-state index in [1.165, 1.54) is 4.90 Å². The number of thioether (sulfide) groups is 1. The highest BCUT2D eigenvalue weighted by Gasteiger charge is 2.28. The van der Waals surface area contributed by atoms with Crippen LogP contribution in [0.15, 0.2) is 9.21 Å². The number of rotatable bonds is 1. The molecule has 3 unspecified atom stereocenters. The quantitative estimate of drug-likeness (QED) is 0.725. The predicted molar refractivity (Wildman–Crippen MR) is 94.6 cm³/mol. The lowest BCUT2D eigenvalue weighted by Crippen LogP contribution is -2.43. The van der Waals surface area contributed by atoms with Crippen molar-refractivity contribution >= 4 is 40.8 Å². The summed E-state index contributed by atoms with van der Waals surface area (Å²) >= 11 is 7.64. The molecule has 2 aliphatic carbocycles. The first-order chi connectivity index (χ1) is 10.9. The summed E-state index contributed by atoms with van der Waals surface area (Å²) in [6.45, 7) is 2.14. The lowest BCUT2D eigenvalue weighted by atomic mass is 9.83. The number of hydrogen-bond donors (Lipinski definition) is 0. The van der Waals surface area contributed by atoms with E-state index in [0.717, 1.165) is 47.4 Å². The van der Waals surface area contributed by atoms with Gasteiger partial charge in [-0.25, -0.2) is 4.79 Å². The first kappa shape index (κ1) is 16.7. The molecular formula is C17H20ClNO3S. The fraction of sp³-hybridized carbons (Fsp3) is 0.529. The van der Waals surface area contributed by atoms with Gasteiger partial charge in [-0.05, 0) is 36.8 Å². The number of amides is 1. The molecule has 3 atom stereocenters. The fourth-order valence-electron chi connectivity index (χ4n) is 3.26. The molecule has 0 aromatic carbocycles. The molecule has 0 spiro atoms. The van der Waals surface area contributed by atoms with Gasteiger partial charge in [0.2, 0.25) is 0 Å². The maximum atomic E-state index is 12.3. The van der Waals surface area contributed by atoms with Crippen molar-refractivity contribution in [2.24, 2.45) is 0 Å². The van der Waals surface area contributed by atoms with E-state index in [2.05, 4.69) is 6.92 Å². The number of nitrogens with zero attached hydrogens (tertiary/aromatic N) is 1. The van der Waals surface area contributed by atoms with Crippen molar-refractivity contribution in [1.29, 1.82) is 0 Å². The largest absolute Gasteiger partial charge is 0.423 e. The van der Waals surface area contributed by atoms with Crippen LogP contribution in [-0.4, -0.2) is 34.9 Å². The molecule has 0 N–H and O–H groups in total. The third kappa shape index (κ3) is 3.09. The Morgan fingerprint density at radius 1 is 1.39 bits per heavy atom. The van der Waals surface area contributed by atoms with Crippen LogP contribution in [0.2, 0.25) is 0 Å². The number of fused-ring (bicyclic) bond motifs is 3. The molecular weight excluding hydrogens is 334 g/mol. The molecule has 6 heteroatoms. The average molecular weight is 354 g/mol. The van der Waals surface area contributed by atoms with Crippen LogP contribution in [-0.2, 0) is 6.42 Å². The highest BCUT2D eigenvalue weighted by molar-refractivity contribution is 8.14. The SMILES string of the molecule is CC1CCCc2c1c1c(oc2=O)=CC(SC(=O)N(C)C)C(Cl)C=1. The molecule has 0 fully saturated rings. The second kappa shape index (κ2) is 6.36. The van der Waals surface area contributed by atoms with Gasteiger partial charge in [0.25, 0.3) is 5.24 Å². The smallest absolute Gasteiger partial charge is 0.339 e. The Hall–Kier alpha value is -1.20. The molecule has 1 aromatic rings. The van der Waals surface area contributed by atoms with Crippen LogP contribution in [0.3, 0.4) is 0 Å². The summed E-state index contributed by atoms with van der Waals surface area (Å²) in [5, 5.41) is 0.338. The molecule has 4 nitrogen and oxygen atoms in total. The monoisotopic (exact) mass is 353 g/mol. The van der Waals surface area contributed by atoms with E-state index in [0.29, 0.717) is 11.3 Å². The van der Waals surface area contributed by atoms with Crippen LogP contribution in [0.1, 0.15) is 36.8 Å². The summed E-state index contributed by atoms with van der Waals surface area (Å²) in [6.07, 6.45) is 6.62. The number of carbonyl (C=O) groups is 1. The molecule has 1 amide bonds. The van der Waals surface area contributed by atoms with Crippen LogP contribution in [0.5, 0.6) is 0 Å². The molecule has 0 bridgehead atoms. The summed E-state index contributed by atoms with van der Waals surface area (Å²) in [5.41, 5.74) is 2.20. The highest BCUT2D eigenvalue weighted by atomic mass is 35.5. The minimum absolute atomic E-state index is 0.0672. The van der Waals surface area contributed by atoms with E-state index in [1.54, 1.807) is 14.1 Å². The van der Waals surface area contributed by atoms with Gasteiger partial charge in [-0.2, -0.15) is 0 Å².